The largest absolute Gasteiger partial charge is 0.486 e. The number of allylic oxidation sites excluding steroid dienone is 1. The molecule has 0 aromatic heterocycles. The molecule has 0 amide bonds. The van der Waals surface area contributed by atoms with Crippen molar-refractivity contribution in [1.29, 1.82) is 0 Å². The molecule has 1 saturated heterocycles. The molecule has 0 unspecified atom stereocenters. The van der Waals surface area contributed by atoms with Crippen molar-refractivity contribution in [2.24, 2.45) is 0 Å². The van der Waals surface area contributed by atoms with Gasteiger partial charge in [-0.3, -0.25) is 0 Å². The van der Waals surface area contributed by atoms with Crippen molar-refractivity contribution in [1.82, 2.24) is 0 Å². The molecule has 0 aliphatic carbocycles. The second-order valence-corrected chi connectivity index (χ2v) is 12.3. The Labute approximate surface area is 102 Å². The molecule has 92 valence electrons. The lowest BCUT2D eigenvalue weighted by atomic mass is 9.90. The number of hydrogen-bond donors (Lipinski definition) is 0. The van der Waals surface area contributed by atoms with Crippen LogP contribution < -0.4 is 0 Å². The zero-order chi connectivity index (χ0) is 12.6. The van der Waals surface area contributed by atoms with Crippen LogP contribution in [-0.4, -0.2) is 26.4 Å². The molecule has 0 bridgehead atoms. The normalized spacial score (nSPS) is 24.3. The molecule has 0 spiro atoms. The van der Waals surface area contributed by atoms with E-state index < -0.39 is 8.07 Å². The molecule has 2 nitrogen and oxygen atoms in total. The van der Waals surface area contributed by atoms with Crippen molar-refractivity contribution < 1.29 is 9.31 Å². The van der Waals surface area contributed by atoms with Crippen LogP contribution in [0.5, 0.6) is 0 Å². The van der Waals surface area contributed by atoms with Crippen LogP contribution in [0.15, 0.2) is 12.1 Å². The summed E-state index contributed by atoms with van der Waals surface area (Å²) in [6.07, 6.45) is 2.22. The smallest absolute Gasteiger partial charge is 0.400 e. The van der Waals surface area contributed by atoms with Crippen LogP contribution >= 0.6 is 0 Å². The summed E-state index contributed by atoms with van der Waals surface area (Å²) in [5, 5.41) is 0. The van der Waals surface area contributed by atoms with E-state index in [4.69, 9.17) is 9.31 Å². The molecule has 1 heterocycles. The Morgan fingerprint density at radius 2 is 1.44 bits per heavy atom. The molecular weight excluding hydrogens is 215 g/mol. The van der Waals surface area contributed by atoms with E-state index in [2.05, 4.69) is 59.4 Å². The Balaban J connectivity index is 2.55. The predicted molar refractivity (Wildman–Crippen MR) is 73.4 cm³/mol. The molecule has 1 aliphatic heterocycles. The minimum absolute atomic E-state index is 0.179. The highest BCUT2D eigenvalue weighted by atomic mass is 28.3. The Morgan fingerprint density at radius 3 is 1.81 bits per heavy atom. The highest BCUT2D eigenvalue weighted by Gasteiger charge is 2.49. The highest BCUT2D eigenvalue weighted by Crippen LogP contribution is 2.36. The Bertz CT molecular complexity index is 263. The molecular formula is C12H25BO2Si. The third-order valence-corrected chi connectivity index (χ3v) is 4.76. The second kappa shape index (κ2) is 4.32. The third kappa shape index (κ3) is 3.47. The molecule has 0 aromatic carbocycles. The van der Waals surface area contributed by atoms with Crippen molar-refractivity contribution in [2.75, 3.05) is 0 Å². The van der Waals surface area contributed by atoms with Crippen molar-refractivity contribution >= 4 is 15.2 Å². The van der Waals surface area contributed by atoms with Gasteiger partial charge in [0.1, 0.15) is 0 Å². The monoisotopic (exact) mass is 240 g/mol. The van der Waals surface area contributed by atoms with Crippen molar-refractivity contribution in [3.63, 3.8) is 0 Å². The van der Waals surface area contributed by atoms with Gasteiger partial charge in [-0.25, -0.2) is 0 Å². The molecule has 4 heteroatoms. The van der Waals surface area contributed by atoms with E-state index in [1.165, 1.54) is 6.04 Å². The summed E-state index contributed by atoms with van der Waals surface area (Å²) in [6.45, 7) is 15.4. The molecule has 0 aromatic rings. The lowest BCUT2D eigenvalue weighted by molar-refractivity contribution is 0.00578. The molecule has 0 saturated carbocycles. The number of rotatable bonds is 3. The average molecular weight is 240 g/mol. The van der Waals surface area contributed by atoms with Crippen molar-refractivity contribution in [3.05, 3.63) is 12.1 Å². The fourth-order valence-corrected chi connectivity index (χ4v) is 2.34. The molecule has 0 atom stereocenters. The first-order valence-electron chi connectivity index (χ1n) is 6.06. The highest BCUT2D eigenvalue weighted by molar-refractivity contribution is 6.76. The summed E-state index contributed by atoms with van der Waals surface area (Å²) in [6, 6.07) is 1.18. The Morgan fingerprint density at radius 1 is 1.00 bits per heavy atom. The van der Waals surface area contributed by atoms with Gasteiger partial charge in [-0.1, -0.05) is 31.7 Å². The molecule has 0 radical (unpaired) electrons. The van der Waals surface area contributed by atoms with Gasteiger partial charge in [0.2, 0.25) is 0 Å². The first-order chi connectivity index (χ1) is 7.04. The summed E-state index contributed by atoms with van der Waals surface area (Å²) in [4.78, 5) is 0. The fraction of sp³-hybridized carbons (Fsp3) is 0.833. The van der Waals surface area contributed by atoms with Crippen LogP contribution in [0, 0.1) is 0 Å². The van der Waals surface area contributed by atoms with Gasteiger partial charge in [-0.2, -0.15) is 0 Å². The van der Waals surface area contributed by atoms with Gasteiger partial charge < -0.3 is 9.31 Å². The maximum atomic E-state index is 5.89. The molecule has 1 aliphatic rings. The summed E-state index contributed by atoms with van der Waals surface area (Å²) in [7, 11) is -1.18. The lowest BCUT2D eigenvalue weighted by Gasteiger charge is -2.32. The van der Waals surface area contributed by atoms with Gasteiger partial charge in [0.25, 0.3) is 0 Å². The third-order valence-electron chi connectivity index (χ3n) is 3.29. The van der Waals surface area contributed by atoms with E-state index in [1.807, 2.05) is 0 Å². The quantitative estimate of drug-likeness (QED) is 0.703. The van der Waals surface area contributed by atoms with Crippen LogP contribution in [0.4, 0.5) is 0 Å². The van der Waals surface area contributed by atoms with Crippen LogP contribution in [0.3, 0.4) is 0 Å². The first kappa shape index (κ1) is 14.0. The van der Waals surface area contributed by atoms with Gasteiger partial charge in [0.05, 0.1) is 11.2 Å². The predicted octanol–water partition coefficient (Wildman–Crippen LogP) is 3.51. The molecule has 16 heavy (non-hydrogen) atoms. The SMILES string of the molecule is CC1(C)OB(/C=C/C[Si](C)(C)C)OC1(C)C. The van der Waals surface area contributed by atoms with Gasteiger partial charge in [0.15, 0.2) is 0 Å². The van der Waals surface area contributed by atoms with Crippen LogP contribution in [0.2, 0.25) is 25.7 Å². The van der Waals surface area contributed by atoms with Crippen LogP contribution in [-0.2, 0) is 9.31 Å². The topological polar surface area (TPSA) is 18.5 Å². The van der Waals surface area contributed by atoms with Crippen molar-refractivity contribution in [3.8, 4) is 0 Å². The zero-order valence-electron chi connectivity index (χ0n) is 11.8. The fourth-order valence-electron chi connectivity index (χ4n) is 1.50. The van der Waals surface area contributed by atoms with E-state index in [0.29, 0.717) is 0 Å². The maximum absolute atomic E-state index is 5.89. The van der Waals surface area contributed by atoms with E-state index >= 15 is 0 Å². The van der Waals surface area contributed by atoms with Crippen LogP contribution in [0.25, 0.3) is 0 Å². The summed E-state index contributed by atoms with van der Waals surface area (Å²) in [5.41, 5.74) is -0.442. The summed E-state index contributed by atoms with van der Waals surface area (Å²) >= 11 is 0. The van der Waals surface area contributed by atoms with E-state index in [-0.39, 0.29) is 18.3 Å². The summed E-state index contributed by atoms with van der Waals surface area (Å²) in [5.74, 6) is 2.06. The van der Waals surface area contributed by atoms with Crippen molar-refractivity contribution in [2.45, 2.75) is 64.6 Å². The van der Waals surface area contributed by atoms with Gasteiger partial charge in [0, 0.05) is 8.07 Å². The average Bonchev–Trinajstić information content (AvgIpc) is 2.17. The lowest BCUT2D eigenvalue weighted by Crippen LogP contribution is -2.41. The Hall–Kier alpha value is -0.0582. The van der Waals surface area contributed by atoms with Gasteiger partial charge in [-0.05, 0) is 33.7 Å². The number of hydrogen-bond acceptors (Lipinski definition) is 2. The minimum Gasteiger partial charge on any atom is -0.400 e. The molecule has 1 rings (SSSR count). The Kier molecular flexibility index (Phi) is 3.78. The first-order valence-corrected chi connectivity index (χ1v) is 9.77. The maximum Gasteiger partial charge on any atom is 0.486 e. The summed E-state index contributed by atoms with van der Waals surface area (Å²) < 4.78 is 11.8. The standard InChI is InChI=1S/C12H25BO2Si/c1-11(2)12(3,4)15-13(14-11)9-8-10-16(5,6)7/h8-9H,10H2,1-7H3/b9-8+. The molecule has 1 fully saturated rings. The van der Waals surface area contributed by atoms with Crippen LogP contribution in [0.1, 0.15) is 27.7 Å². The van der Waals surface area contributed by atoms with E-state index in [0.717, 1.165) is 0 Å². The minimum atomic E-state index is -0.998. The van der Waals surface area contributed by atoms with Gasteiger partial charge in [-0.15, -0.1) is 0 Å². The van der Waals surface area contributed by atoms with E-state index in [1.54, 1.807) is 0 Å². The molecule has 0 N–H and O–H groups in total. The van der Waals surface area contributed by atoms with E-state index in [9.17, 15) is 0 Å². The van der Waals surface area contributed by atoms with Gasteiger partial charge >= 0.3 is 7.12 Å². The second-order valence-electron chi connectivity index (χ2n) is 6.82. The zero-order valence-corrected chi connectivity index (χ0v) is 12.8.